The highest BCUT2D eigenvalue weighted by Gasteiger charge is 2.39. The zero-order valence-electron chi connectivity index (χ0n) is 12.7. The molecule has 0 aliphatic rings. The number of hydrogen-bond donors (Lipinski definition) is 2. The molecule has 0 aliphatic heterocycles. The predicted molar refractivity (Wildman–Crippen MR) is 87.9 cm³/mol. The van der Waals surface area contributed by atoms with Gasteiger partial charge in [-0.1, -0.05) is 29.8 Å². The van der Waals surface area contributed by atoms with Crippen LogP contribution in [0.2, 0.25) is 5.02 Å². The first-order chi connectivity index (χ1) is 10.9. The number of nitrogens with one attached hydrogen (secondary N) is 1. The Kier molecular flexibility index (Phi) is 7.30. The lowest BCUT2D eigenvalue weighted by atomic mass is 9.88. The third-order valence-electron chi connectivity index (χ3n) is 3.50. The maximum absolute atomic E-state index is 11.9. The molecule has 1 atom stereocenters. The van der Waals surface area contributed by atoms with Crippen LogP contribution in [0.25, 0.3) is 0 Å². The second-order valence-corrected chi connectivity index (χ2v) is 5.66. The highest BCUT2D eigenvalue weighted by atomic mass is 35.5. The van der Waals surface area contributed by atoms with E-state index in [1.54, 1.807) is 30.3 Å². The number of aryl methyl sites for hydroxylation is 1. The normalized spacial score (nSPS) is 12.7. The van der Waals surface area contributed by atoms with Crippen molar-refractivity contribution in [3.8, 4) is 6.07 Å². The van der Waals surface area contributed by atoms with Crippen molar-refractivity contribution < 1.29 is 14.7 Å². The number of carbonyl (C=O) groups is 2. The van der Waals surface area contributed by atoms with E-state index in [0.717, 1.165) is 5.56 Å². The van der Waals surface area contributed by atoms with Crippen LogP contribution in [0.5, 0.6) is 0 Å². The first-order valence-corrected chi connectivity index (χ1v) is 7.58. The van der Waals surface area contributed by atoms with Gasteiger partial charge in [-0.15, -0.1) is 6.58 Å². The molecule has 1 aromatic rings. The maximum Gasteiger partial charge on any atom is 0.330 e. The van der Waals surface area contributed by atoms with Crippen molar-refractivity contribution in [2.45, 2.75) is 37.6 Å². The molecule has 1 rings (SSSR count). The zero-order chi connectivity index (χ0) is 17.3. The summed E-state index contributed by atoms with van der Waals surface area (Å²) in [5, 5.41) is 21.6. The largest absolute Gasteiger partial charge is 0.479 e. The highest BCUT2D eigenvalue weighted by Crippen LogP contribution is 2.21. The summed E-state index contributed by atoms with van der Waals surface area (Å²) in [6, 6.07) is 8.87. The van der Waals surface area contributed by atoms with E-state index in [1.165, 1.54) is 0 Å². The Morgan fingerprint density at radius 1 is 1.39 bits per heavy atom. The topological polar surface area (TPSA) is 90.2 Å². The van der Waals surface area contributed by atoms with Gasteiger partial charge in [-0.05, 0) is 37.0 Å². The molecule has 0 fully saturated rings. The third kappa shape index (κ3) is 5.76. The molecule has 6 heteroatoms. The summed E-state index contributed by atoms with van der Waals surface area (Å²) in [5.41, 5.74) is -0.703. The second-order valence-electron chi connectivity index (χ2n) is 5.22. The molecule has 0 saturated heterocycles. The lowest BCUT2D eigenvalue weighted by molar-refractivity contribution is -0.147. The van der Waals surface area contributed by atoms with Gasteiger partial charge in [-0.25, -0.2) is 4.79 Å². The average Bonchev–Trinajstić information content (AvgIpc) is 2.52. The van der Waals surface area contributed by atoms with E-state index in [-0.39, 0.29) is 19.3 Å². The van der Waals surface area contributed by atoms with Crippen molar-refractivity contribution in [2.24, 2.45) is 0 Å². The number of halogens is 1. The van der Waals surface area contributed by atoms with E-state index in [0.29, 0.717) is 17.9 Å². The molecule has 23 heavy (non-hydrogen) atoms. The average molecular weight is 335 g/mol. The van der Waals surface area contributed by atoms with Crippen LogP contribution in [-0.2, 0) is 16.0 Å². The first-order valence-electron chi connectivity index (χ1n) is 7.20. The quantitative estimate of drug-likeness (QED) is 0.679. The standard InChI is InChI=1S/C17H19ClN2O3/c1-2-3-4-15(21)20-17(11-12-19,16(22)23)10-9-13-5-7-14(18)8-6-13/h2,5-8H,1,3-4,9-11H2,(H,20,21)(H,22,23). The molecule has 1 aromatic carbocycles. The summed E-state index contributed by atoms with van der Waals surface area (Å²) in [6.07, 6.45) is 2.41. The molecular formula is C17H19ClN2O3. The van der Waals surface area contributed by atoms with Crippen LogP contribution >= 0.6 is 11.6 Å². The van der Waals surface area contributed by atoms with Crippen LogP contribution in [-0.4, -0.2) is 22.5 Å². The third-order valence-corrected chi connectivity index (χ3v) is 3.75. The van der Waals surface area contributed by atoms with Gasteiger partial charge in [0.25, 0.3) is 0 Å². The number of benzene rings is 1. The number of carboxylic acid groups (broad SMARTS) is 1. The summed E-state index contributed by atoms with van der Waals surface area (Å²) < 4.78 is 0. The van der Waals surface area contributed by atoms with Gasteiger partial charge in [0, 0.05) is 11.4 Å². The Hall–Kier alpha value is -2.32. The number of rotatable bonds is 9. The summed E-state index contributed by atoms with van der Waals surface area (Å²) >= 11 is 5.82. The Morgan fingerprint density at radius 3 is 2.57 bits per heavy atom. The van der Waals surface area contributed by atoms with E-state index in [2.05, 4.69) is 11.9 Å². The molecular weight excluding hydrogens is 316 g/mol. The predicted octanol–water partition coefficient (Wildman–Crippen LogP) is 3.09. The Balaban J connectivity index is 2.87. The van der Waals surface area contributed by atoms with E-state index >= 15 is 0 Å². The molecule has 0 aliphatic carbocycles. The lowest BCUT2D eigenvalue weighted by Gasteiger charge is -2.28. The van der Waals surface area contributed by atoms with Gasteiger partial charge in [0.1, 0.15) is 0 Å². The molecule has 0 saturated carbocycles. The van der Waals surface area contributed by atoms with Crippen molar-refractivity contribution in [1.82, 2.24) is 5.32 Å². The Morgan fingerprint density at radius 2 is 2.04 bits per heavy atom. The van der Waals surface area contributed by atoms with Crippen molar-refractivity contribution in [2.75, 3.05) is 0 Å². The molecule has 0 bridgehead atoms. The smallest absolute Gasteiger partial charge is 0.330 e. The number of carboxylic acids is 1. The molecule has 0 spiro atoms. The van der Waals surface area contributed by atoms with Crippen molar-refractivity contribution in [1.29, 1.82) is 5.26 Å². The molecule has 1 unspecified atom stereocenters. The minimum atomic E-state index is -1.59. The molecule has 0 aromatic heterocycles. The zero-order valence-corrected chi connectivity index (χ0v) is 13.5. The Labute approximate surface area is 140 Å². The van der Waals surface area contributed by atoms with Gasteiger partial charge in [0.05, 0.1) is 12.5 Å². The molecule has 0 heterocycles. The number of aliphatic carboxylic acids is 1. The van der Waals surface area contributed by atoms with Gasteiger partial charge in [-0.3, -0.25) is 4.79 Å². The van der Waals surface area contributed by atoms with Crippen LogP contribution in [0.1, 0.15) is 31.2 Å². The molecule has 2 N–H and O–H groups in total. The Bertz CT molecular complexity index is 607. The second kappa shape index (κ2) is 8.96. The minimum absolute atomic E-state index is 0.122. The fourth-order valence-electron chi connectivity index (χ4n) is 2.14. The van der Waals surface area contributed by atoms with Gasteiger partial charge in [0.15, 0.2) is 5.54 Å². The van der Waals surface area contributed by atoms with Crippen LogP contribution in [0.4, 0.5) is 0 Å². The van der Waals surface area contributed by atoms with Crippen LogP contribution in [0, 0.1) is 11.3 Å². The summed E-state index contributed by atoms with van der Waals surface area (Å²) in [5.74, 6) is -1.61. The van der Waals surface area contributed by atoms with Gasteiger partial charge in [0.2, 0.25) is 5.91 Å². The van der Waals surface area contributed by atoms with E-state index < -0.39 is 17.4 Å². The number of carbonyl (C=O) groups excluding carboxylic acids is 1. The van der Waals surface area contributed by atoms with Crippen molar-refractivity contribution in [3.05, 3.63) is 47.5 Å². The van der Waals surface area contributed by atoms with Crippen LogP contribution in [0.15, 0.2) is 36.9 Å². The fourth-order valence-corrected chi connectivity index (χ4v) is 2.26. The lowest BCUT2D eigenvalue weighted by Crippen LogP contribution is -2.54. The summed E-state index contributed by atoms with van der Waals surface area (Å²) in [6.45, 7) is 3.52. The number of amides is 1. The van der Waals surface area contributed by atoms with Crippen molar-refractivity contribution in [3.63, 3.8) is 0 Å². The molecule has 122 valence electrons. The van der Waals surface area contributed by atoms with E-state index in [9.17, 15) is 14.7 Å². The van der Waals surface area contributed by atoms with E-state index in [4.69, 9.17) is 16.9 Å². The number of nitriles is 1. The first kappa shape index (κ1) is 18.7. The summed E-state index contributed by atoms with van der Waals surface area (Å²) in [7, 11) is 0. The fraction of sp³-hybridized carbons (Fsp3) is 0.353. The molecule has 1 amide bonds. The number of nitrogens with zero attached hydrogens (tertiary/aromatic N) is 1. The molecule has 0 radical (unpaired) electrons. The highest BCUT2D eigenvalue weighted by molar-refractivity contribution is 6.30. The SMILES string of the molecule is C=CCCC(=O)NC(CC#N)(CCc1ccc(Cl)cc1)C(=O)O. The van der Waals surface area contributed by atoms with Gasteiger partial charge < -0.3 is 10.4 Å². The molecule has 5 nitrogen and oxygen atoms in total. The van der Waals surface area contributed by atoms with Crippen molar-refractivity contribution >= 4 is 23.5 Å². The van der Waals surface area contributed by atoms with Crippen LogP contribution in [0.3, 0.4) is 0 Å². The monoisotopic (exact) mass is 334 g/mol. The number of allylic oxidation sites excluding steroid dienone is 1. The van der Waals surface area contributed by atoms with Gasteiger partial charge in [-0.2, -0.15) is 5.26 Å². The number of hydrogen-bond acceptors (Lipinski definition) is 3. The maximum atomic E-state index is 11.9. The van der Waals surface area contributed by atoms with Gasteiger partial charge >= 0.3 is 5.97 Å². The van der Waals surface area contributed by atoms with E-state index in [1.807, 2.05) is 6.07 Å². The minimum Gasteiger partial charge on any atom is -0.479 e. The summed E-state index contributed by atoms with van der Waals surface area (Å²) in [4.78, 5) is 23.6. The van der Waals surface area contributed by atoms with Crippen LogP contribution < -0.4 is 5.32 Å².